The number of primary amides is 1. The van der Waals surface area contributed by atoms with Gasteiger partial charge in [-0.2, -0.15) is 0 Å². The molecule has 0 fully saturated rings. The van der Waals surface area contributed by atoms with E-state index >= 15 is 0 Å². The van der Waals surface area contributed by atoms with Crippen molar-refractivity contribution in [2.24, 2.45) is 5.73 Å². The van der Waals surface area contributed by atoms with Crippen molar-refractivity contribution in [2.75, 3.05) is 5.32 Å². The average Bonchev–Trinajstić information content (AvgIpc) is 3.11. The third kappa shape index (κ3) is 3.40. The number of fused-ring (bicyclic) bond motifs is 1. The standard InChI is InChI=1S/C16H14N2O3S2/c17-15(21)14-11-5-3-9(19)8-12(11)23-16(14)18-13(20)6-4-10-2-1-7-22-10/h1-2,4,6-7H,3,5,8H2,(H2,17,21)(H,18,20)/b6-4+. The van der Waals surface area contributed by atoms with E-state index in [0.29, 0.717) is 29.8 Å². The lowest BCUT2D eigenvalue weighted by atomic mass is 9.94. The highest BCUT2D eigenvalue weighted by Crippen LogP contribution is 2.37. The van der Waals surface area contributed by atoms with Crippen molar-refractivity contribution >= 4 is 51.3 Å². The Kier molecular flexibility index (Phi) is 4.40. The molecule has 2 amide bonds. The molecule has 118 valence electrons. The van der Waals surface area contributed by atoms with E-state index < -0.39 is 5.91 Å². The number of amides is 2. The van der Waals surface area contributed by atoms with Gasteiger partial charge < -0.3 is 11.1 Å². The summed E-state index contributed by atoms with van der Waals surface area (Å²) in [6.07, 6.45) is 4.35. The van der Waals surface area contributed by atoms with Crippen molar-refractivity contribution in [3.8, 4) is 0 Å². The zero-order valence-electron chi connectivity index (χ0n) is 12.1. The Labute approximate surface area is 140 Å². The second-order valence-electron chi connectivity index (χ2n) is 5.13. The zero-order chi connectivity index (χ0) is 16.4. The van der Waals surface area contributed by atoms with Gasteiger partial charge in [0.15, 0.2) is 0 Å². The molecule has 0 radical (unpaired) electrons. The molecule has 3 rings (SSSR count). The van der Waals surface area contributed by atoms with Crippen molar-refractivity contribution in [2.45, 2.75) is 19.3 Å². The van der Waals surface area contributed by atoms with Crippen LogP contribution in [0.3, 0.4) is 0 Å². The van der Waals surface area contributed by atoms with Crippen LogP contribution in [-0.2, 0) is 22.4 Å². The van der Waals surface area contributed by atoms with Crippen LogP contribution >= 0.6 is 22.7 Å². The molecule has 0 saturated heterocycles. The highest BCUT2D eigenvalue weighted by molar-refractivity contribution is 7.17. The quantitative estimate of drug-likeness (QED) is 0.834. The van der Waals surface area contributed by atoms with Crippen LogP contribution < -0.4 is 11.1 Å². The predicted molar refractivity (Wildman–Crippen MR) is 91.9 cm³/mol. The molecule has 7 heteroatoms. The molecule has 0 aromatic carbocycles. The SMILES string of the molecule is NC(=O)c1c(NC(=O)/C=C/c2cccs2)sc2c1CCC(=O)C2. The van der Waals surface area contributed by atoms with Crippen LogP contribution in [0.25, 0.3) is 6.08 Å². The van der Waals surface area contributed by atoms with Crippen LogP contribution in [0.15, 0.2) is 23.6 Å². The molecule has 5 nitrogen and oxygen atoms in total. The van der Waals surface area contributed by atoms with Gasteiger partial charge in [-0.05, 0) is 29.5 Å². The molecule has 0 spiro atoms. The van der Waals surface area contributed by atoms with Gasteiger partial charge in [-0.1, -0.05) is 6.07 Å². The first-order chi connectivity index (χ1) is 11.0. The summed E-state index contributed by atoms with van der Waals surface area (Å²) in [7, 11) is 0. The Morgan fingerprint density at radius 1 is 1.30 bits per heavy atom. The minimum Gasteiger partial charge on any atom is -0.365 e. The van der Waals surface area contributed by atoms with E-state index in [1.54, 1.807) is 6.08 Å². The molecular weight excluding hydrogens is 332 g/mol. The van der Waals surface area contributed by atoms with Gasteiger partial charge in [0.25, 0.3) is 5.91 Å². The smallest absolute Gasteiger partial charge is 0.251 e. The third-order valence-electron chi connectivity index (χ3n) is 3.53. The first-order valence-corrected chi connectivity index (χ1v) is 8.73. The van der Waals surface area contributed by atoms with E-state index in [0.717, 1.165) is 15.3 Å². The summed E-state index contributed by atoms with van der Waals surface area (Å²) in [5.74, 6) is -0.759. The first kappa shape index (κ1) is 15.6. The highest BCUT2D eigenvalue weighted by Gasteiger charge is 2.27. The molecule has 0 aliphatic heterocycles. The maximum absolute atomic E-state index is 12.1. The molecule has 2 aromatic heterocycles. The van der Waals surface area contributed by atoms with Crippen LogP contribution in [0.5, 0.6) is 0 Å². The zero-order valence-corrected chi connectivity index (χ0v) is 13.8. The molecule has 0 unspecified atom stereocenters. The van der Waals surface area contributed by atoms with Gasteiger partial charge >= 0.3 is 0 Å². The van der Waals surface area contributed by atoms with Crippen LogP contribution in [0.2, 0.25) is 0 Å². The summed E-state index contributed by atoms with van der Waals surface area (Å²) < 4.78 is 0. The summed E-state index contributed by atoms with van der Waals surface area (Å²) in [6, 6.07) is 3.80. The molecular formula is C16H14N2O3S2. The minimum absolute atomic E-state index is 0.144. The molecule has 23 heavy (non-hydrogen) atoms. The van der Waals surface area contributed by atoms with Gasteiger partial charge in [0, 0.05) is 28.7 Å². The van der Waals surface area contributed by atoms with Gasteiger partial charge in [0.2, 0.25) is 5.91 Å². The summed E-state index contributed by atoms with van der Waals surface area (Å²) in [4.78, 5) is 37.1. The second kappa shape index (κ2) is 6.47. The number of nitrogens with one attached hydrogen (secondary N) is 1. The number of hydrogen-bond acceptors (Lipinski definition) is 5. The van der Waals surface area contributed by atoms with E-state index in [4.69, 9.17) is 5.73 Å². The molecule has 2 heterocycles. The number of nitrogens with two attached hydrogens (primary N) is 1. The number of rotatable bonds is 4. The Balaban J connectivity index is 1.83. The Bertz CT molecular complexity index is 804. The van der Waals surface area contributed by atoms with Crippen LogP contribution in [0, 0.1) is 0 Å². The average molecular weight is 346 g/mol. The van der Waals surface area contributed by atoms with Crippen molar-refractivity contribution in [3.63, 3.8) is 0 Å². The number of hydrogen-bond donors (Lipinski definition) is 2. The van der Waals surface area contributed by atoms with Crippen molar-refractivity contribution in [1.82, 2.24) is 0 Å². The number of carbonyl (C=O) groups excluding carboxylic acids is 3. The fraction of sp³-hybridized carbons (Fsp3) is 0.188. The number of thiophene rings is 2. The summed E-state index contributed by atoms with van der Waals surface area (Å²) >= 11 is 2.79. The van der Waals surface area contributed by atoms with Crippen LogP contribution in [0.4, 0.5) is 5.00 Å². The summed E-state index contributed by atoms with van der Waals surface area (Å²) in [5.41, 5.74) is 6.61. The lowest BCUT2D eigenvalue weighted by Gasteiger charge is -2.10. The van der Waals surface area contributed by atoms with Crippen molar-refractivity contribution in [3.05, 3.63) is 44.5 Å². The Hall–Kier alpha value is -2.25. The van der Waals surface area contributed by atoms with Crippen molar-refractivity contribution in [1.29, 1.82) is 0 Å². The van der Waals surface area contributed by atoms with Crippen LogP contribution in [0.1, 0.15) is 32.1 Å². The number of ketones is 1. The Morgan fingerprint density at radius 3 is 2.83 bits per heavy atom. The highest BCUT2D eigenvalue weighted by atomic mass is 32.1. The molecule has 0 atom stereocenters. The number of anilines is 1. The van der Waals surface area contributed by atoms with E-state index in [1.165, 1.54) is 28.7 Å². The minimum atomic E-state index is -0.575. The molecule has 0 saturated carbocycles. The van der Waals surface area contributed by atoms with Gasteiger partial charge in [-0.15, -0.1) is 22.7 Å². The Morgan fingerprint density at radius 2 is 2.13 bits per heavy atom. The van der Waals surface area contributed by atoms with Gasteiger partial charge in [-0.25, -0.2) is 0 Å². The first-order valence-electron chi connectivity index (χ1n) is 7.03. The molecule has 0 bridgehead atoms. The molecule has 3 N–H and O–H groups in total. The van der Waals surface area contributed by atoms with Gasteiger partial charge in [0.05, 0.1) is 5.56 Å². The lowest BCUT2D eigenvalue weighted by molar-refractivity contribution is -0.118. The van der Waals surface area contributed by atoms with E-state index in [1.807, 2.05) is 17.5 Å². The maximum atomic E-state index is 12.1. The summed E-state index contributed by atoms with van der Waals surface area (Å²) in [6.45, 7) is 0. The topological polar surface area (TPSA) is 89.3 Å². The maximum Gasteiger partial charge on any atom is 0.251 e. The molecule has 1 aliphatic rings. The van der Waals surface area contributed by atoms with Crippen molar-refractivity contribution < 1.29 is 14.4 Å². The number of Topliss-reactive ketones (excluding diaryl/α,β-unsaturated/α-hetero) is 1. The van der Waals surface area contributed by atoms with Crippen LogP contribution in [-0.4, -0.2) is 17.6 Å². The summed E-state index contributed by atoms with van der Waals surface area (Å²) in [5, 5.41) is 5.06. The fourth-order valence-corrected chi connectivity index (χ4v) is 4.40. The molecule has 1 aliphatic carbocycles. The molecule has 2 aromatic rings. The predicted octanol–water partition coefficient (Wildman–Crippen LogP) is 2.62. The third-order valence-corrected chi connectivity index (χ3v) is 5.51. The fourth-order valence-electron chi connectivity index (χ4n) is 2.50. The van der Waals surface area contributed by atoms with Gasteiger partial charge in [0.1, 0.15) is 10.8 Å². The number of carbonyl (C=O) groups is 3. The lowest BCUT2D eigenvalue weighted by Crippen LogP contribution is -2.19. The van der Waals surface area contributed by atoms with Gasteiger partial charge in [-0.3, -0.25) is 14.4 Å². The monoisotopic (exact) mass is 346 g/mol. The normalized spacial score (nSPS) is 14.0. The van der Waals surface area contributed by atoms with E-state index in [2.05, 4.69) is 5.32 Å². The van der Waals surface area contributed by atoms with E-state index in [-0.39, 0.29) is 11.7 Å². The second-order valence-corrected chi connectivity index (χ2v) is 7.21. The largest absolute Gasteiger partial charge is 0.365 e. The van der Waals surface area contributed by atoms with E-state index in [9.17, 15) is 14.4 Å².